The van der Waals surface area contributed by atoms with Crippen LogP contribution < -0.4 is 24.3 Å². The van der Waals surface area contributed by atoms with Crippen molar-refractivity contribution < 1.29 is 71.2 Å². The zero-order valence-corrected chi connectivity index (χ0v) is 38.3. The molecular weight excluding hydrogens is 852 g/mol. The molecule has 1 amide bonds. The van der Waals surface area contributed by atoms with E-state index in [2.05, 4.69) is 5.32 Å². The number of fused-ring (bicyclic) bond motifs is 3. The van der Waals surface area contributed by atoms with Crippen molar-refractivity contribution in [3.05, 3.63) is 83.4 Å². The van der Waals surface area contributed by atoms with Crippen molar-refractivity contribution in [2.24, 2.45) is 5.92 Å². The molecule has 336 valence electrons. The topological polar surface area (TPSA) is 198 Å². The summed E-state index contributed by atoms with van der Waals surface area (Å²) in [5, 5.41) is 27.9. The van der Waals surface area contributed by atoms with Crippen LogP contribution in [0, 0.1) is 5.92 Å². The van der Waals surface area contributed by atoms with E-state index < -0.39 is 53.8 Å². The van der Waals surface area contributed by atoms with Crippen LogP contribution in [0.3, 0.4) is 0 Å². The molecule has 0 aromatic heterocycles. The molecule has 1 unspecified atom stereocenters. The zero-order chi connectivity index (χ0) is 44.6. The van der Waals surface area contributed by atoms with Crippen molar-refractivity contribution in [3.8, 4) is 23.0 Å². The van der Waals surface area contributed by atoms with Gasteiger partial charge in [-0.2, -0.15) is 0 Å². The maximum absolute atomic E-state index is 13.5. The molecule has 1 fully saturated rings. The lowest BCUT2D eigenvalue weighted by molar-refractivity contribution is -0.870. The Bertz CT molecular complexity index is 2000. The number of esters is 1. The Morgan fingerprint density at radius 3 is 2.30 bits per heavy atom. The van der Waals surface area contributed by atoms with E-state index in [1.165, 1.54) is 42.9 Å². The number of amides is 1. The number of ether oxygens (including phenoxy) is 6. The van der Waals surface area contributed by atoms with Crippen molar-refractivity contribution in [3.63, 3.8) is 0 Å². The van der Waals surface area contributed by atoms with E-state index in [1.807, 2.05) is 65.3 Å². The van der Waals surface area contributed by atoms with Crippen molar-refractivity contribution >= 4 is 41.5 Å². The third-order valence-corrected chi connectivity index (χ3v) is 14.5. The average Bonchev–Trinajstić information content (AvgIpc) is 3.60. The van der Waals surface area contributed by atoms with Crippen molar-refractivity contribution in [1.29, 1.82) is 0 Å². The highest BCUT2D eigenvalue weighted by atomic mass is 33.1. The number of unbranched alkanes of at least 4 members (excludes halogenated alkanes) is 1. The number of benzene rings is 3. The Kier molecular flexibility index (Phi) is 16.0. The second-order valence-corrected chi connectivity index (χ2v) is 20.7. The van der Waals surface area contributed by atoms with E-state index in [-0.39, 0.29) is 42.8 Å². The van der Waals surface area contributed by atoms with Crippen LogP contribution in [0.1, 0.15) is 49.3 Å². The third kappa shape index (κ3) is 11.1. The van der Waals surface area contributed by atoms with Crippen molar-refractivity contribution in [2.45, 2.75) is 54.7 Å². The molecule has 3 aromatic rings. The fraction of sp³-hybridized carbons (Fsp3) is 0.524. The number of aliphatic hydroxyl groups is 2. The van der Waals surface area contributed by atoms with Crippen LogP contribution in [0.5, 0.6) is 23.0 Å². The summed E-state index contributed by atoms with van der Waals surface area (Å²) >= 11 is 0. The first kappa shape index (κ1) is 48.3. The number of carbonyl (C=O) groups excluding carboxylic acids is 2. The standard InChI is InChI=1S/C42H57N2O14PS2/c1-40(2,61-60-27-57-59(49,50)56-23-21-44(3,4)5)26-55-39(47)43-20-12-13-22-54-31-24-32(52-7)36-33(25-31)58-42(29-16-18-30(51-6)19-17-29)35(28-14-10-9-11-15-28)34(38(46)53-8)37(45)41(36,42)48/h9-11,14-19,24-25,34-35,37,45,48H,12-13,20-23,26-27H2,1-8H3,(H-,43,47,49,50)/p+1/t34-,35-,37-,41+,42+/m1/s1. The van der Waals surface area contributed by atoms with Crippen LogP contribution >= 0.6 is 29.4 Å². The van der Waals surface area contributed by atoms with Gasteiger partial charge in [-0.1, -0.05) is 64.1 Å². The average molecular weight is 910 g/mol. The Morgan fingerprint density at radius 1 is 0.951 bits per heavy atom. The molecule has 1 aliphatic carbocycles. The highest BCUT2D eigenvalue weighted by Crippen LogP contribution is 2.70. The molecular formula is C42H58N2O14PS2+. The van der Waals surface area contributed by atoms with Gasteiger partial charge in [-0.3, -0.25) is 13.8 Å². The van der Waals surface area contributed by atoms with Gasteiger partial charge >= 0.3 is 19.9 Å². The number of alkyl carbamates (subject to hydrolysis) is 1. The van der Waals surface area contributed by atoms with Crippen molar-refractivity contribution in [1.82, 2.24) is 5.32 Å². The monoisotopic (exact) mass is 909 g/mol. The molecule has 3 aromatic carbocycles. The second-order valence-electron chi connectivity index (χ2n) is 16.3. The molecule has 1 heterocycles. The normalized spacial score (nSPS) is 22.9. The SMILES string of the molecule is COC(=O)[C@H]1[C@@H](O)[C@@]2(O)c3c(OC)cc(OCCCCNC(=O)OCC(C)(C)SSCOP(=O)(O)OCC[N+](C)(C)C)cc3O[C@@]2(c2ccc(OC)cc2)[C@@H]1c1ccccc1. The first-order chi connectivity index (χ1) is 28.8. The first-order valence-corrected chi connectivity index (χ1v) is 23.5. The van der Waals surface area contributed by atoms with Crippen LogP contribution in [0.4, 0.5) is 4.79 Å². The molecule has 1 saturated carbocycles. The number of aliphatic hydroxyl groups excluding tert-OH is 1. The van der Waals surface area contributed by atoms with Crippen LogP contribution in [0.15, 0.2) is 66.7 Å². The highest BCUT2D eigenvalue weighted by Gasteiger charge is 2.78. The predicted octanol–water partition coefficient (Wildman–Crippen LogP) is 5.97. The summed E-state index contributed by atoms with van der Waals surface area (Å²) in [6.45, 7) is 5.05. The van der Waals surface area contributed by atoms with Gasteiger partial charge < -0.3 is 53.3 Å². The van der Waals surface area contributed by atoms with E-state index >= 15 is 0 Å². The van der Waals surface area contributed by atoms with Crippen molar-refractivity contribution in [2.75, 3.05) is 81.3 Å². The lowest BCUT2D eigenvalue weighted by Gasteiger charge is -2.40. The summed E-state index contributed by atoms with van der Waals surface area (Å²) in [6, 6.07) is 19.3. The summed E-state index contributed by atoms with van der Waals surface area (Å²) in [6.07, 6.45) is -1.14. The minimum absolute atomic E-state index is 0.0831. The van der Waals surface area contributed by atoms with Gasteiger partial charge in [-0.05, 0) is 49.9 Å². The number of likely N-dealkylation sites (N-methyl/N-ethyl adjacent to an activating group) is 1. The lowest BCUT2D eigenvalue weighted by Crippen LogP contribution is -2.52. The Labute approximate surface area is 365 Å². The van der Waals surface area contributed by atoms with E-state index in [9.17, 15) is 29.3 Å². The molecule has 16 nitrogen and oxygen atoms in total. The van der Waals surface area contributed by atoms with E-state index in [0.717, 1.165) is 0 Å². The maximum atomic E-state index is 13.5. The van der Waals surface area contributed by atoms with E-state index in [1.54, 1.807) is 36.4 Å². The van der Waals surface area contributed by atoms with Gasteiger partial charge in [0.2, 0.25) is 0 Å². The number of quaternary nitrogens is 1. The summed E-state index contributed by atoms with van der Waals surface area (Å²) in [4.78, 5) is 35.9. The molecule has 19 heteroatoms. The Balaban J connectivity index is 1.18. The number of phosphoric ester groups is 1. The van der Waals surface area contributed by atoms with Crippen LogP contribution in [-0.2, 0) is 39.1 Å². The number of hydrogen-bond donors (Lipinski definition) is 4. The highest BCUT2D eigenvalue weighted by molar-refractivity contribution is 8.77. The number of hydrogen-bond acceptors (Lipinski definition) is 15. The van der Waals surface area contributed by atoms with Crippen LogP contribution in [0.25, 0.3) is 0 Å². The molecule has 6 atom stereocenters. The molecule has 4 N–H and O–H groups in total. The number of phosphoric acid groups is 1. The molecule has 0 bridgehead atoms. The molecule has 0 saturated heterocycles. The van der Waals surface area contributed by atoms with E-state index in [4.69, 9.17) is 37.5 Å². The quantitative estimate of drug-likeness (QED) is 0.0230. The number of nitrogens with zero attached hydrogens (tertiary/aromatic N) is 1. The van der Waals surface area contributed by atoms with Crippen LogP contribution in [0.2, 0.25) is 0 Å². The third-order valence-electron chi connectivity index (χ3n) is 10.4. The summed E-state index contributed by atoms with van der Waals surface area (Å²) < 4.78 is 57.1. The molecule has 5 rings (SSSR count). The summed E-state index contributed by atoms with van der Waals surface area (Å²) in [7, 11) is 8.44. The largest absolute Gasteiger partial charge is 0.497 e. The number of nitrogens with one attached hydrogen (secondary N) is 1. The molecule has 1 aliphatic heterocycles. The predicted molar refractivity (Wildman–Crippen MR) is 231 cm³/mol. The lowest BCUT2D eigenvalue weighted by atomic mass is 9.70. The zero-order valence-electron chi connectivity index (χ0n) is 35.8. The molecule has 0 spiro atoms. The fourth-order valence-electron chi connectivity index (χ4n) is 7.53. The van der Waals surface area contributed by atoms with E-state index in [0.29, 0.717) is 53.0 Å². The summed E-state index contributed by atoms with van der Waals surface area (Å²) in [5.41, 5.74) is -2.64. The Morgan fingerprint density at radius 2 is 1.66 bits per heavy atom. The number of carbonyl (C=O) groups is 2. The smallest absolute Gasteiger partial charge is 0.473 e. The first-order valence-electron chi connectivity index (χ1n) is 19.7. The van der Waals surface area contributed by atoms with Gasteiger partial charge in [-0.25, -0.2) is 9.36 Å². The van der Waals surface area contributed by atoms with Gasteiger partial charge in [0.25, 0.3) is 0 Å². The van der Waals surface area contributed by atoms with Gasteiger partial charge in [-0.15, -0.1) is 0 Å². The van der Waals surface area contributed by atoms with Crippen LogP contribution in [-0.4, -0.2) is 124 Å². The molecule has 0 radical (unpaired) electrons. The van der Waals surface area contributed by atoms with Gasteiger partial charge in [0, 0.05) is 24.6 Å². The fourth-order valence-corrected chi connectivity index (χ4v) is 10.7. The number of methoxy groups -OCH3 is 3. The van der Waals surface area contributed by atoms with Gasteiger partial charge in [0.05, 0.1) is 65.3 Å². The van der Waals surface area contributed by atoms with Gasteiger partial charge in [0.1, 0.15) is 54.8 Å². The minimum Gasteiger partial charge on any atom is -0.497 e. The second kappa shape index (κ2) is 20.2. The summed E-state index contributed by atoms with van der Waals surface area (Å²) in [5.74, 6) is -1.61. The number of rotatable bonds is 22. The molecule has 61 heavy (non-hydrogen) atoms. The molecule has 2 aliphatic rings. The van der Waals surface area contributed by atoms with Gasteiger partial charge in [0.15, 0.2) is 11.2 Å². The maximum Gasteiger partial charge on any atom is 0.473 e. The Hall–Kier alpha value is -3.71. The minimum atomic E-state index is -4.17.